The number of phenolic OH excluding ortho intramolecular Hbond substituents is 2. The van der Waals surface area contributed by atoms with Gasteiger partial charge in [0.15, 0.2) is 0 Å². The number of fused-ring (bicyclic) bond motifs is 3. The standard InChI is InChI=1S/C14H11FO3/c1-7-11-4-8(16)2-3-10(11)14-12(15)5-9(17)6-13(14)18-7/h2-7,16-17H,1H3. The maximum Gasteiger partial charge on any atom is 0.138 e. The van der Waals surface area contributed by atoms with Crippen molar-refractivity contribution in [2.75, 3.05) is 0 Å². The first-order valence-electron chi connectivity index (χ1n) is 5.58. The third-order valence-corrected chi connectivity index (χ3v) is 3.09. The lowest BCUT2D eigenvalue weighted by atomic mass is 9.92. The van der Waals surface area contributed by atoms with E-state index in [2.05, 4.69) is 0 Å². The summed E-state index contributed by atoms with van der Waals surface area (Å²) in [5.74, 6) is -0.269. The van der Waals surface area contributed by atoms with E-state index in [0.29, 0.717) is 16.9 Å². The molecule has 2 aromatic rings. The molecule has 0 aromatic heterocycles. The van der Waals surface area contributed by atoms with Gasteiger partial charge in [-0.25, -0.2) is 4.39 Å². The zero-order valence-electron chi connectivity index (χ0n) is 9.64. The van der Waals surface area contributed by atoms with Crippen LogP contribution >= 0.6 is 0 Å². The summed E-state index contributed by atoms with van der Waals surface area (Å²) in [6, 6.07) is 7.17. The molecule has 0 bridgehead atoms. The largest absolute Gasteiger partial charge is 0.508 e. The van der Waals surface area contributed by atoms with Crippen LogP contribution in [-0.2, 0) is 0 Å². The van der Waals surface area contributed by atoms with E-state index in [0.717, 1.165) is 11.6 Å². The van der Waals surface area contributed by atoms with E-state index < -0.39 is 5.82 Å². The lowest BCUT2D eigenvalue weighted by molar-refractivity contribution is 0.220. The molecule has 0 fully saturated rings. The summed E-state index contributed by atoms with van der Waals surface area (Å²) >= 11 is 0. The molecule has 0 spiro atoms. The monoisotopic (exact) mass is 246 g/mol. The molecule has 4 heteroatoms. The molecule has 2 N–H and O–H groups in total. The van der Waals surface area contributed by atoms with Crippen LogP contribution in [0.2, 0.25) is 0 Å². The third kappa shape index (κ3) is 1.49. The van der Waals surface area contributed by atoms with Gasteiger partial charge in [0.1, 0.15) is 29.2 Å². The van der Waals surface area contributed by atoms with Gasteiger partial charge < -0.3 is 14.9 Å². The van der Waals surface area contributed by atoms with Crippen LogP contribution in [-0.4, -0.2) is 10.2 Å². The van der Waals surface area contributed by atoms with Crippen molar-refractivity contribution in [1.29, 1.82) is 0 Å². The fourth-order valence-corrected chi connectivity index (χ4v) is 2.29. The Balaban J connectivity index is 2.32. The third-order valence-electron chi connectivity index (χ3n) is 3.09. The lowest BCUT2D eigenvalue weighted by Crippen LogP contribution is -2.11. The van der Waals surface area contributed by atoms with Crippen molar-refractivity contribution in [2.24, 2.45) is 0 Å². The molecule has 18 heavy (non-hydrogen) atoms. The zero-order valence-corrected chi connectivity index (χ0v) is 9.64. The van der Waals surface area contributed by atoms with E-state index in [9.17, 15) is 14.6 Å². The van der Waals surface area contributed by atoms with Gasteiger partial charge in [-0.15, -0.1) is 0 Å². The van der Waals surface area contributed by atoms with Crippen LogP contribution in [0.1, 0.15) is 18.6 Å². The van der Waals surface area contributed by atoms with Crippen molar-refractivity contribution >= 4 is 0 Å². The van der Waals surface area contributed by atoms with Crippen LogP contribution in [0.25, 0.3) is 11.1 Å². The van der Waals surface area contributed by atoms with E-state index >= 15 is 0 Å². The van der Waals surface area contributed by atoms with E-state index in [1.165, 1.54) is 12.1 Å². The SMILES string of the molecule is CC1Oc2cc(O)cc(F)c2-c2ccc(O)cc21. The first kappa shape index (κ1) is 10.9. The predicted octanol–water partition coefficient (Wildman–Crippen LogP) is 3.36. The van der Waals surface area contributed by atoms with Crippen molar-refractivity contribution in [3.63, 3.8) is 0 Å². The molecule has 92 valence electrons. The quantitative estimate of drug-likeness (QED) is 0.749. The van der Waals surface area contributed by atoms with Gasteiger partial charge in [0.05, 0.1) is 5.56 Å². The molecule has 1 aliphatic heterocycles. The first-order valence-corrected chi connectivity index (χ1v) is 5.58. The summed E-state index contributed by atoms with van der Waals surface area (Å²) in [5.41, 5.74) is 1.73. The van der Waals surface area contributed by atoms with Crippen molar-refractivity contribution in [1.82, 2.24) is 0 Å². The Morgan fingerprint density at radius 3 is 2.67 bits per heavy atom. The second kappa shape index (κ2) is 3.63. The average Bonchev–Trinajstić information content (AvgIpc) is 2.29. The molecule has 1 heterocycles. The van der Waals surface area contributed by atoms with Gasteiger partial charge >= 0.3 is 0 Å². The van der Waals surface area contributed by atoms with Gasteiger partial charge in [0, 0.05) is 17.7 Å². The Bertz CT molecular complexity index is 637. The fraction of sp³-hybridized carbons (Fsp3) is 0.143. The molecular weight excluding hydrogens is 235 g/mol. The highest BCUT2D eigenvalue weighted by atomic mass is 19.1. The number of phenols is 2. The van der Waals surface area contributed by atoms with Crippen LogP contribution in [0.3, 0.4) is 0 Å². The summed E-state index contributed by atoms with van der Waals surface area (Å²) < 4.78 is 19.5. The Morgan fingerprint density at radius 1 is 1.11 bits per heavy atom. The minimum absolute atomic E-state index is 0.117. The van der Waals surface area contributed by atoms with Crippen LogP contribution < -0.4 is 4.74 Å². The maximum atomic E-state index is 13.9. The van der Waals surface area contributed by atoms with Crippen LogP contribution in [0, 0.1) is 5.82 Å². The molecule has 1 aliphatic rings. The second-order valence-electron chi connectivity index (χ2n) is 4.33. The van der Waals surface area contributed by atoms with Crippen molar-refractivity contribution in [2.45, 2.75) is 13.0 Å². The molecule has 0 radical (unpaired) electrons. The van der Waals surface area contributed by atoms with Crippen LogP contribution in [0.5, 0.6) is 17.2 Å². The van der Waals surface area contributed by atoms with Gasteiger partial charge in [-0.2, -0.15) is 0 Å². The maximum absolute atomic E-state index is 13.9. The van der Waals surface area contributed by atoms with Crippen molar-refractivity contribution in [3.05, 3.63) is 41.7 Å². The molecule has 3 nitrogen and oxygen atoms in total. The highest BCUT2D eigenvalue weighted by Crippen LogP contribution is 2.45. The smallest absolute Gasteiger partial charge is 0.138 e. The summed E-state index contributed by atoms with van der Waals surface area (Å²) in [6.07, 6.45) is -0.305. The van der Waals surface area contributed by atoms with E-state index in [-0.39, 0.29) is 17.6 Å². The average molecular weight is 246 g/mol. The first-order chi connectivity index (χ1) is 8.56. The zero-order chi connectivity index (χ0) is 12.9. The number of hydrogen-bond donors (Lipinski definition) is 2. The summed E-state index contributed by atoms with van der Waals surface area (Å²) in [6.45, 7) is 1.81. The molecule has 1 atom stereocenters. The van der Waals surface area contributed by atoms with Crippen LogP contribution in [0.4, 0.5) is 4.39 Å². The van der Waals surface area contributed by atoms with Crippen molar-refractivity contribution in [3.8, 4) is 28.4 Å². The van der Waals surface area contributed by atoms with Gasteiger partial charge in [-0.1, -0.05) is 6.07 Å². The highest BCUT2D eigenvalue weighted by Gasteiger charge is 2.26. The normalized spacial score (nSPS) is 16.7. The lowest BCUT2D eigenvalue weighted by Gasteiger charge is -2.26. The number of aromatic hydroxyl groups is 2. The van der Waals surface area contributed by atoms with E-state index in [1.54, 1.807) is 12.1 Å². The molecular formula is C14H11FO3. The van der Waals surface area contributed by atoms with Gasteiger partial charge in [-0.05, 0) is 24.6 Å². The summed E-state index contributed by atoms with van der Waals surface area (Å²) in [4.78, 5) is 0. The van der Waals surface area contributed by atoms with E-state index in [1.807, 2.05) is 6.92 Å². The molecule has 0 amide bonds. The molecule has 0 saturated carbocycles. The summed E-state index contributed by atoms with van der Waals surface area (Å²) in [7, 11) is 0. The number of benzene rings is 2. The number of ether oxygens (including phenoxy) is 1. The predicted molar refractivity (Wildman–Crippen MR) is 64.2 cm³/mol. The minimum atomic E-state index is -0.538. The van der Waals surface area contributed by atoms with Gasteiger partial charge in [0.25, 0.3) is 0 Å². The van der Waals surface area contributed by atoms with E-state index in [4.69, 9.17) is 4.74 Å². The Labute approximate surface area is 103 Å². The number of halogens is 1. The Hall–Kier alpha value is -2.23. The number of rotatable bonds is 0. The Kier molecular flexibility index (Phi) is 2.20. The van der Waals surface area contributed by atoms with Crippen molar-refractivity contribution < 1.29 is 19.3 Å². The minimum Gasteiger partial charge on any atom is -0.508 e. The molecule has 1 unspecified atom stereocenters. The van der Waals surface area contributed by atoms with Crippen LogP contribution in [0.15, 0.2) is 30.3 Å². The molecule has 0 aliphatic carbocycles. The fourth-order valence-electron chi connectivity index (χ4n) is 2.29. The molecule has 2 aromatic carbocycles. The van der Waals surface area contributed by atoms with Gasteiger partial charge in [0.2, 0.25) is 0 Å². The molecule has 3 rings (SSSR count). The highest BCUT2D eigenvalue weighted by molar-refractivity contribution is 5.77. The topological polar surface area (TPSA) is 49.7 Å². The molecule has 0 saturated heterocycles. The summed E-state index contributed by atoms with van der Waals surface area (Å²) in [5, 5.41) is 18.9. The van der Waals surface area contributed by atoms with Gasteiger partial charge in [-0.3, -0.25) is 0 Å². The number of hydrogen-bond acceptors (Lipinski definition) is 3. The Morgan fingerprint density at radius 2 is 1.89 bits per heavy atom. The second-order valence-corrected chi connectivity index (χ2v) is 4.33.